The topological polar surface area (TPSA) is 49.6 Å². The smallest absolute Gasteiger partial charge is 0.271 e. The van der Waals surface area contributed by atoms with Crippen molar-refractivity contribution in [3.8, 4) is 0 Å². The first-order valence-electron chi connectivity index (χ1n) is 7.24. The molecule has 0 aromatic carbocycles. The summed E-state index contributed by atoms with van der Waals surface area (Å²) >= 11 is 0. The largest absolute Gasteiger partial charge is 0.347 e. The van der Waals surface area contributed by atoms with Gasteiger partial charge >= 0.3 is 0 Å². The Labute approximate surface area is 117 Å². The molecule has 0 radical (unpaired) electrons. The summed E-state index contributed by atoms with van der Waals surface area (Å²) < 4.78 is 1.93. The van der Waals surface area contributed by atoms with Gasteiger partial charge in [-0.25, -0.2) is 4.98 Å². The third-order valence-electron chi connectivity index (χ3n) is 4.44. The molecule has 0 aliphatic carbocycles. The van der Waals surface area contributed by atoms with Gasteiger partial charge in [-0.1, -0.05) is 0 Å². The molecule has 2 aliphatic heterocycles. The quantitative estimate of drug-likeness (QED) is 0.891. The average molecular weight is 270 g/mol. The molecule has 20 heavy (non-hydrogen) atoms. The van der Waals surface area contributed by atoms with Gasteiger partial charge in [0.25, 0.3) is 5.91 Å². The maximum atomic E-state index is 12.3. The molecule has 1 amide bonds. The van der Waals surface area contributed by atoms with Crippen molar-refractivity contribution in [1.82, 2.24) is 19.6 Å². The van der Waals surface area contributed by atoms with Gasteiger partial charge in [-0.05, 0) is 37.4 Å². The lowest BCUT2D eigenvalue weighted by Crippen LogP contribution is -2.47. The Hall–Kier alpha value is -1.88. The van der Waals surface area contributed by atoms with Crippen molar-refractivity contribution >= 4 is 11.4 Å². The van der Waals surface area contributed by atoms with Gasteiger partial charge in [-0.2, -0.15) is 0 Å². The van der Waals surface area contributed by atoms with Crippen LogP contribution in [0.5, 0.6) is 0 Å². The van der Waals surface area contributed by atoms with E-state index in [0.29, 0.717) is 5.69 Å². The third kappa shape index (κ3) is 2.08. The van der Waals surface area contributed by atoms with Crippen LogP contribution in [-0.4, -0.2) is 45.9 Å². The highest BCUT2D eigenvalue weighted by molar-refractivity contribution is 5.92. The summed E-state index contributed by atoms with van der Waals surface area (Å²) in [7, 11) is 0. The normalized spacial score (nSPS) is 28.7. The number of rotatable bonds is 2. The maximum Gasteiger partial charge on any atom is 0.271 e. The predicted molar refractivity (Wildman–Crippen MR) is 75.6 cm³/mol. The van der Waals surface area contributed by atoms with Gasteiger partial charge in [-0.3, -0.25) is 4.79 Å². The summed E-state index contributed by atoms with van der Waals surface area (Å²) in [5.74, 6) is 0.696. The Morgan fingerprint density at radius 2 is 2.35 bits per heavy atom. The van der Waals surface area contributed by atoms with E-state index in [1.165, 1.54) is 19.5 Å². The summed E-state index contributed by atoms with van der Waals surface area (Å²) in [6.07, 6.45) is 7.85. The molecule has 0 saturated carbocycles. The molecule has 104 valence electrons. The van der Waals surface area contributed by atoms with Gasteiger partial charge in [0.2, 0.25) is 0 Å². The molecule has 2 fully saturated rings. The van der Waals surface area contributed by atoms with Gasteiger partial charge in [0.15, 0.2) is 0 Å². The minimum absolute atomic E-state index is 0.0619. The van der Waals surface area contributed by atoms with Crippen LogP contribution in [0.1, 0.15) is 23.3 Å². The lowest BCUT2D eigenvalue weighted by Gasteiger charge is -2.30. The zero-order valence-corrected chi connectivity index (χ0v) is 11.3. The van der Waals surface area contributed by atoms with Crippen LogP contribution in [0.3, 0.4) is 0 Å². The zero-order valence-electron chi connectivity index (χ0n) is 11.3. The van der Waals surface area contributed by atoms with Gasteiger partial charge in [-0.15, -0.1) is 0 Å². The molecule has 0 spiro atoms. The summed E-state index contributed by atoms with van der Waals surface area (Å²) in [5.41, 5.74) is 1.49. The van der Waals surface area contributed by atoms with Gasteiger partial charge in [0.05, 0.1) is 11.7 Å². The predicted octanol–water partition coefficient (Wildman–Crippen LogP) is 1.16. The molecule has 4 rings (SSSR count). The maximum absolute atomic E-state index is 12.3. The second-order valence-electron chi connectivity index (χ2n) is 5.93. The number of hydrogen-bond acceptors (Lipinski definition) is 3. The van der Waals surface area contributed by atoms with Crippen molar-refractivity contribution in [3.05, 3.63) is 36.4 Å². The molecule has 2 aromatic rings. The fraction of sp³-hybridized carbons (Fsp3) is 0.467. The van der Waals surface area contributed by atoms with Crippen molar-refractivity contribution in [2.45, 2.75) is 18.9 Å². The molecule has 5 nitrogen and oxygen atoms in total. The molecule has 5 heteroatoms. The lowest BCUT2D eigenvalue weighted by atomic mass is 9.97. The van der Waals surface area contributed by atoms with Crippen molar-refractivity contribution < 1.29 is 4.79 Å². The zero-order chi connectivity index (χ0) is 13.5. The van der Waals surface area contributed by atoms with E-state index in [1.54, 1.807) is 12.4 Å². The first-order valence-corrected chi connectivity index (χ1v) is 7.24. The molecule has 2 saturated heterocycles. The number of carbonyl (C=O) groups is 1. The van der Waals surface area contributed by atoms with Gasteiger partial charge in [0.1, 0.15) is 5.69 Å². The van der Waals surface area contributed by atoms with Crippen molar-refractivity contribution in [1.29, 1.82) is 0 Å². The molecule has 2 bridgehead atoms. The van der Waals surface area contributed by atoms with Crippen LogP contribution in [-0.2, 0) is 0 Å². The van der Waals surface area contributed by atoms with Crippen LogP contribution in [0.25, 0.3) is 5.52 Å². The molecule has 4 heterocycles. The Morgan fingerprint density at radius 3 is 3.25 bits per heavy atom. The van der Waals surface area contributed by atoms with Crippen molar-refractivity contribution in [2.75, 3.05) is 19.6 Å². The highest BCUT2D eigenvalue weighted by atomic mass is 16.2. The summed E-state index contributed by atoms with van der Waals surface area (Å²) in [4.78, 5) is 19.0. The molecule has 2 unspecified atom stereocenters. The van der Waals surface area contributed by atoms with E-state index in [0.717, 1.165) is 24.4 Å². The van der Waals surface area contributed by atoms with E-state index >= 15 is 0 Å². The standard InChI is InChI=1S/C15H18N4O/c20-15(14-10-19-4-1-2-13(19)7-16-14)17-12-6-11-3-5-18(8-11)9-12/h1-2,4,7,10-12H,3,5-6,8-9H2,(H,17,20)/t11?,12-/m1/s1. The van der Waals surface area contributed by atoms with Crippen LogP contribution >= 0.6 is 0 Å². The van der Waals surface area contributed by atoms with E-state index in [-0.39, 0.29) is 11.9 Å². The fourth-order valence-electron chi connectivity index (χ4n) is 3.48. The van der Waals surface area contributed by atoms with Crippen LogP contribution in [0.15, 0.2) is 30.7 Å². The minimum Gasteiger partial charge on any atom is -0.347 e. The van der Waals surface area contributed by atoms with Gasteiger partial charge < -0.3 is 14.6 Å². The number of nitrogens with one attached hydrogen (secondary N) is 1. The highest BCUT2D eigenvalue weighted by Gasteiger charge is 2.33. The first-order chi connectivity index (χ1) is 9.78. The van der Waals surface area contributed by atoms with E-state index in [1.807, 2.05) is 22.7 Å². The Kier molecular flexibility index (Phi) is 2.73. The summed E-state index contributed by atoms with van der Waals surface area (Å²) in [6.45, 7) is 3.37. The molecule has 2 aliphatic rings. The van der Waals surface area contributed by atoms with E-state index in [4.69, 9.17) is 0 Å². The highest BCUT2D eigenvalue weighted by Crippen LogP contribution is 2.26. The fourth-order valence-corrected chi connectivity index (χ4v) is 3.48. The SMILES string of the molecule is O=C(N[C@@H]1CC2CCN(C2)C1)c1cn2cccc2cn1. The molecule has 3 atom stereocenters. The second-order valence-corrected chi connectivity index (χ2v) is 5.93. The van der Waals surface area contributed by atoms with Gasteiger partial charge in [0, 0.05) is 31.5 Å². The number of aromatic nitrogens is 2. The number of piperidine rings is 1. The Bertz CT molecular complexity index is 638. The Balaban J connectivity index is 1.49. The summed E-state index contributed by atoms with van der Waals surface area (Å²) in [6, 6.07) is 4.19. The molecule has 1 N–H and O–H groups in total. The third-order valence-corrected chi connectivity index (χ3v) is 4.44. The minimum atomic E-state index is -0.0619. The molecular weight excluding hydrogens is 252 g/mol. The number of hydrogen-bond donors (Lipinski definition) is 1. The number of fused-ring (bicyclic) bond motifs is 3. The molecular formula is C15H18N4O. The summed E-state index contributed by atoms with van der Waals surface area (Å²) in [5, 5.41) is 3.14. The van der Waals surface area contributed by atoms with Crippen molar-refractivity contribution in [2.24, 2.45) is 5.92 Å². The average Bonchev–Trinajstić information content (AvgIpc) is 3.04. The number of nitrogens with zero attached hydrogens (tertiary/aromatic N) is 3. The monoisotopic (exact) mass is 270 g/mol. The number of amides is 1. The first kappa shape index (κ1) is 11.9. The van der Waals surface area contributed by atoms with E-state index < -0.39 is 0 Å². The van der Waals surface area contributed by atoms with Crippen molar-refractivity contribution in [3.63, 3.8) is 0 Å². The van der Waals surface area contributed by atoms with E-state index in [2.05, 4.69) is 15.2 Å². The number of carbonyl (C=O) groups excluding carboxylic acids is 1. The van der Waals surface area contributed by atoms with Crippen LogP contribution in [0.4, 0.5) is 0 Å². The second kappa shape index (κ2) is 4.59. The van der Waals surface area contributed by atoms with Crippen LogP contribution < -0.4 is 5.32 Å². The molecule has 2 aromatic heterocycles. The van der Waals surface area contributed by atoms with E-state index in [9.17, 15) is 4.79 Å². The lowest BCUT2D eigenvalue weighted by molar-refractivity contribution is 0.0904. The van der Waals surface area contributed by atoms with Crippen LogP contribution in [0, 0.1) is 5.92 Å². The van der Waals surface area contributed by atoms with Crippen LogP contribution in [0.2, 0.25) is 0 Å². The Morgan fingerprint density at radius 1 is 1.40 bits per heavy atom.